The minimum atomic E-state index is 0.232. The Morgan fingerprint density at radius 3 is 2.86 bits per heavy atom. The van der Waals surface area contributed by atoms with Crippen molar-refractivity contribution >= 4 is 11.9 Å². The van der Waals surface area contributed by atoms with Crippen LogP contribution in [0.3, 0.4) is 0 Å². The van der Waals surface area contributed by atoms with Crippen molar-refractivity contribution in [2.75, 3.05) is 19.6 Å². The van der Waals surface area contributed by atoms with E-state index in [9.17, 15) is 4.79 Å². The third-order valence-corrected chi connectivity index (χ3v) is 5.62. The maximum atomic E-state index is 12.8. The fourth-order valence-corrected chi connectivity index (χ4v) is 4.11. The van der Waals surface area contributed by atoms with E-state index in [0.29, 0.717) is 18.0 Å². The third-order valence-electron chi connectivity index (χ3n) is 5.62. The van der Waals surface area contributed by atoms with Gasteiger partial charge in [-0.2, -0.15) is 5.26 Å². The van der Waals surface area contributed by atoms with E-state index >= 15 is 0 Å². The molecule has 1 unspecified atom stereocenters. The summed E-state index contributed by atoms with van der Waals surface area (Å²) < 4.78 is 0. The van der Waals surface area contributed by atoms with Crippen LogP contribution in [0.25, 0.3) is 0 Å². The Kier molecular flexibility index (Phi) is 7.30. The van der Waals surface area contributed by atoms with Gasteiger partial charge in [-0.15, -0.1) is 0 Å². The van der Waals surface area contributed by atoms with Gasteiger partial charge in [-0.1, -0.05) is 31.4 Å². The standard InChI is InChI=1S/C22H31N5O/c1-2-24-22(25-15-18-8-6-7-17(13-18)14-23)26-20-11-12-27(16-20)21(28)19-9-4-3-5-10-19/h6-8,13,19-20H,2-5,9-12,15-16H2,1H3,(H2,24,25,26). The lowest BCUT2D eigenvalue weighted by Crippen LogP contribution is -2.45. The van der Waals surface area contributed by atoms with Gasteiger partial charge < -0.3 is 15.5 Å². The van der Waals surface area contributed by atoms with Crippen LogP contribution in [0.1, 0.15) is 56.6 Å². The topological polar surface area (TPSA) is 80.5 Å². The number of aliphatic imine (C=N–C) groups is 1. The first-order chi connectivity index (χ1) is 13.7. The second-order valence-electron chi connectivity index (χ2n) is 7.76. The molecule has 1 saturated carbocycles. The molecule has 1 aliphatic heterocycles. The Morgan fingerprint density at radius 2 is 2.11 bits per heavy atom. The van der Waals surface area contributed by atoms with Crippen molar-refractivity contribution in [3.63, 3.8) is 0 Å². The molecule has 1 aromatic rings. The number of nitrogens with one attached hydrogen (secondary N) is 2. The average Bonchev–Trinajstić information content (AvgIpc) is 3.21. The van der Waals surface area contributed by atoms with E-state index in [4.69, 9.17) is 5.26 Å². The lowest BCUT2D eigenvalue weighted by Gasteiger charge is -2.26. The van der Waals surface area contributed by atoms with Crippen molar-refractivity contribution in [2.45, 2.75) is 58.0 Å². The second kappa shape index (κ2) is 10.1. The molecule has 3 rings (SSSR count). The molecule has 28 heavy (non-hydrogen) atoms. The summed E-state index contributed by atoms with van der Waals surface area (Å²) in [6.45, 7) is 4.92. The molecule has 0 aromatic heterocycles. The smallest absolute Gasteiger partial charge is 0.225 e. The molecule has 0 spiro atoms. The summed E-state index contributed by atoms with van der Waals surface area (Å²) >= 11 is 0. The van der Waals surface area contributed by atoms with Gasteiger partial charge in [0.1, 0.15) is 0 Å². The minimum absolute atomic E-state index is 0.232. The Morgan fingerprint density at radius 1 is 1.29 bits per heavy atom. The number of guanidine groups is 1. The molecular formula is C22H31N5O. The molecule has 1 aliphatic carbocycles. The molecule has 1 aromatic carbocycles. The first-order valence-corrected chi connectivity index (χ1v) is 10.5. The molecule has 2 aliphatic rings. The average molecular weight is 382 g/mol. The van der Waals surface area contributed by atoms with Gasteiger partial charge in [-0.05, 0) is 43.9 Å². The van der Waals surface area contributed by atoms with Crippen molar-refractivity contribution < 1.29 is 4.79 Å². The fourth-order valence-electron chi connectivity index (χ4n) is 4.11. The number of hydrogen-bond donors (Lipinski definition) is 2. The van der Waals surface area contributed by atoms with Crippen LogP contribution in [-0.2, 0) is 11.3 Å². The van der Waals surface area contributed by atoms with E-state index in [0.717, 1.165) is 50.4 Å². The monoisotopic (exact) mass is 381 g/mol. The van der Waals surface area contributed by atoms with Gasteiger partial charge in [0.05, 0.1) is 18.2 Å². The maximum absolute atomic E-state index is 12.8. The van der Waals surface area contributed by atoms with Crippen molar-refractivity contribution in [3.8, 4) is 6.07 Å². The van der Waals surface area contributed by atoms with Crippen LogP contribution in [0.4, 0.5) is 0 Å². The van der Waals surface area contributed by atoms with E-state index in [1.807, 2.05) is 30.0 Å². The van der Waals surface area contributed by atoms with Crippen LogP contribution in [0.15, 0.2) is 29.3 Å². The van der Waals surface area contributed by atoms with Crippen molar-refractivity contribution in [3.05, 3.63) is 35.4 Å². The largest absolute Gasteiger partial charge is 0.357 e. The quantitative estimate of drug-likeness (QED) is 0.607. The number of benzene rings is 1. The van der Waals surface area contributed by atoms with Gasteiger partial charge >= 0.3 is 0 Å². The highest BCUT2D eigenvalue weighted by molar-refractivity contribution is 5.81. The van der Waals surface area contributed by atoms with E-state index in [2.05, 4.69) is 21.7 Å². The number of likely N-dealkylation sites (tertiary alicyclic amines) is 1. The molecule has 0 bridgehead atoms. The summed E-state index contributed by atoms with van der Waals surface area (Å²) in [5.41, 5.74) is 1.66. The Balaban J connectivity index is 1.55. The first-order valence-electron chi connectivity index (χ1n) is 10.5. The molecule has 6 heteroatoms. The highest BCUT2D eigenvalue weighted by Gasteiger charge is 2.31. The molecule has 1 amide bonds. The van der Waals surface area contributed by atoms with Crippen LogP contribution >= 0.6 is 0 Å². The van der Waals surface area contributed by atoms with Crippen LogP contribution in [0.2, 0.25) is 0 Å². The van der Waals surface area contributed by atoms with Gasteiger partial charge in [-0.25, -0.2) is 4.99 Å². The molecule has 6 nitrogen and oxygen atoms in total. The second-order valence-corrected chi connectivity index (χ2v) is 7.76. The summed E-state index contributed by atoms with van der Waals surface area (Å²) in [6, 6.07) is 9.93. The van der Waals surface area contributed by atoms with Crippen LogP contribution in [0, 0.1) is 17.2 Å². The molecule has 1 saturated heterocycles. The number of rotatable bonds is 5. The molecular weight excluding hydrogens is 350 g/mol. The predicted molar refractivity (Wildman–Crippen MR) is 111 cm³/mol. The highest BCUT2D eigenvalue weighted by atomic mass is 16.2. The van der Waals surface area contributed by atoms with Crippen LogP contribution in [-0.4, -0.2) is 42.4 Å². The number of hydrogen-bond acceptors (Lipinski definition) is 3. The number of amides is 1. The first kappa shape index (κ1) is 20.2. The maximum Gasteiger partial charge on any atom is 0.225 e. The summed E-state index contributed by atoms with van der Waals surface area (Å²) in [5.74, 6) is 1.35. The normalized spacial score (nSPS) is 20.6. The molecule has 2 N–H and O–H groups in total. The number of nitriles is 1. The van der Waals surface area contributed by atoms with Gasteiger partial charge in [0.2, 0.25) is 5.91 Å². The zero-order valence-electron chi connectivity index (χ0n) is 16.8. The molecule has 0 radical (unpaired) electrons. The molecule has 150 valence electrons. The minimum Gasteiger partial charge on any atom is -0.357 e. The summed E-state index contributed by atoms with van der Waals surface area (Å²) in [4.78, 5) is 19.5. The Hall–Kier alpha value is -2.55. The van der Waals surface area contributed by atoms with Gasteiger partial charge in [0.15, 0.2) is 5.96 Å². The van der Waals surface area contributed by atoms with Crippen molar-refractivity contribution in [1.29, 1.82) is 5.26 Å². The van der Waals surface area contributed by atoms with E-state index < -0.39 is 0 Å². The molecule has 2 fully saturated rings. The summed E-state index contributed by atoms with van der Waals surface area (Å²) in [6.07, 6.45) is 6.71. The lowest BCUT2D eigenvalue weighted by atomic mass is 9.88. The zero-order valence-corrected chi connectivity index (χ0v) is 16.8. The summed E-state index contributed by atoms with van der Waals surface area (Å²) in [7, 11) is 0. The Bertz CT molecular complexity index is 733. The van der Waals surface area contributed by atoms with E-state index in [1.165, 1.54) is 19.3 Å². The fraction of sp³-hybridized carbons (Fsp3) is 0.591. The van der Waals surface area contributed by atoms with Gasteiger partial charge in [0, 0.05) is 31.6 Å². The van der Waals surface area contributed by atoms with Gasteiger partial charge in [-0.3, -0.25) is 4.79 Å². The number of carbonyl (C=O) groups excluding carboxylic acids is 1. The van der Waals surface area contributed by atoms with Crippen LogP contribution in [0.5, 0.6) is 0 Å². The van der Waals surface area contributed by atoms with E-state index in [-0.39, 0.29) is 12.0 Å². The van der Waals surface area contributed by atoms with Crippen LogP contribution < -0.4 is 10.6 Å². The SMILES string of the molecule is CCNC(=NCc1cccc(C#N)c1)NC1CCN(C(=O)C2CCCCC2)C1. The third kappa shape index (κ3) is 5.48. The molecule has 1 heterocycles. The van der Waals surface area contributed by atoms with Crippen molar-refractivity contribution in [1.82, 2.24) is 15.5 Å². The lowest BCUT2D eigenvalue weighted by molar-refractivity contribution is -0.135. The highest BCUT2D eigenvalue weighted by Crippen LogP contribution is 2.26. The van der Waals surface area contributed by atoms with Gasteiger partial charge in [0.25, 0.3) is 0 Å². The molecule has 1 atom stereocenters. The Labute approximate surface area is 168 Å². The van der Waals surface area contributed by atoms with E-state index in [1.54, 1.807) is 6.07 Å². The summed E-state index contributed by atoms with van der Waals surface area (Å²) in [5, 5.41) is 15.8. The predicted octanol–water partition coefficient (Wildman–Crippen LogP) is 2.79. The zero-order chi connectivity index (χ0) is 19.8. The van der Waals surface area contributed by atoms with Crippen molar-refractivity contribution in [2.24, 2.45) is 10.9 Å². The number of carbonyl (C=O) groups is 1. The number of nitrogens with zero attached hydrogens (tertiary/aromatic N) is 3.